The highest BCUT2D eigenvalue weighted by Crippen LogP contribution is 2.42. The number of carbonyl (C=O) groups excluding carboxylic acids is 2. The molecule has 240 valence electrons. The van der Waals surface area contributed by atoms with Gasteiger partial charge in [-0.25, -0.2) is 0 Å². The van der Waals surface area contributed by atoms with Crippen LogP contribution in [0.3, 0.4) is 0 Å². The number of anilines is 2. The zero-order chi connectivity index (χ0) is 32.9. The lowest BCUT2D eigenvalue weighted by molar-refractivity contribution is -0.137. The van der Waals surface area contributed by atoms with E-state index in [2.05, 4.69) is 5.32 Å². The van der Waals surface area contributed by atoms with Gasteiger partial charge in [-0.05, 0) is 92.1 Å². The number of amides is 2. The number of benzene rings is 3. The van der Waals surface area contributed by atoms with Gasteiger partial charge in [0.1, 0.15) is 12.2 Å². The van der Waals surface area contributed by atoms with Crippen molar-refractivity contribution in [3.05, 3.63) is 93.0 Å². The molecule has 45 heavy (non-hydrogen) atoms. The molecule has 2 amide bonds. The number of rotatable bonds is 12. The molecule has 0 radical (unpaired) electrons. The van der Waals surface area contributed by atoms with E-state index in [1.165, 1.54) is 0 Å². The van der Waals surface area contributed by atoms with Crippen LogP contribution in [0, 0.1) is 26.2 Å². The maximum Gasteiger partial charge on any atom is 0.303 e. The molecule has 9 heteroatoms. The zero-order valence-corrected chi connectivity index (χ0v) is 27.4. The van der Waals surface area contributed by atoms with Crippen LogP contribution in [0.25, 0.3) is 0 Å². The van der Waals surface area contributed by atoms with Gasteiger partial charge in [0.2, 0.25) is 5.91 Å². The maximum absolute atomic E-state index is 14.3. The lowest BCUT2D eigenvalue weighted by atomic mass is 9.91. The Balaban J connectivity index is 1.67. The molecule has 0 spiro atoms. The largest absolute Gasteiger partial charge is 0.481 e. The van der Waals surface area contributed by atoms with Gasteiger partial charge in [0.05, 0.1) is 6.42 Å². The number of ether oxygens (including phenoxy) is 1. The van der Waals surface area contributed by atoms with Gasteiger partial charge < -0.3 is 25.2 Å². The smallest absolute Gasteiger partial charge is 0.303 e. The third kappa shape index (κ3) is 8.51. The summed E-state index contributed by atoms with van der Waals surface area (Å²) in [6, 6.07) is 17.1. The Morgan fingerprint density at radius 2 is 1.76 bits per heavy atom. The molecule has 0 saturated carbocycles. The number of carbonyl (C=O) groups is 3. The van der Waals surface area contributed by atoms with Crippen LogP contribution in [0.5, 0.6) is 0 Å². The molecule has 3 N–H and O–H groups in total. The number of aliphatic hydroxyl groups is 1. The molecular weight excluding hydrogens is 592 g/mol. The standard InChI is InChI=1S/C36H43ClN2O6/c1-22-9-8-11-27(24(22)3)34-28-18-26(37)15-16-30(28)39(20-36(4,5)21-40)35(44)31(45-34)19-32(41)38-29-17-25(14-13-23(29)2)10-6-7-12-33(42)43/h8-9,11,13-18,31,34,40H,6-7,10,12,19-21H2,1-5H3,(H,38,41)(H,42,43)/t31-,34-/m1/s1. The van der Waals surface area contributed by atoms with Gasteiger partial charge in [0, 0.05) is 46.9 Å². The van der Waals surface area contributed by atoms with Gasteiger partial charge in [0.15, 0.2) is 0 Å². The molecule has 0 saturated heterocycles. The number of halogens is 1. The number of aryl methyl sites for hydroxylation is 3. The molecule has 3 aromatic carbocycles. The fraction of sp³-hybridized carbons (Fsp3) is 0.417. The fourth-order valence-corrected chi connectivity index (χ4v) is 5.76. The van der Waals surface area contributed by atoms with Gasteiger partial charge in [-0.3, -0.25) is 14.4 Å². The molecule has 1 heterocycles. The summed E-state index contributed by atoms with van der Waals surface area (Å²) in [5.74, 6) is -1.55. The maximum atomic E-state index is 14.3. The van der Waals surface area contributed by atoms with Crippen LogP contribution in [-0.2, 0) is 25.5 Å². The summed E-state index contributed by atoms with van der Waals surface area (Å²) in [5, 5.41) is 22.5. The van der Waals surface area contributed by atoms with E-state index >= 15 is 0 Å². The first-order valence-corrected chi connectivity index (χ1v) is 15.7. The summed E-state index contributed by atoms with van der Waals surface area (Å²) >= 11 is 6.50. The third-order valence-electron chi connectivity index (χ3n) is 8.40. The number of carboxylic acid groups (broad SMARTS) is 1. The Labute approximate surface area is 270 Å². The lowest BCUT2D eigenvalue weighted by Gasteiger charge is -2.32. The summed E-state index contributed by atoms with van der Waals surface area (Å²) in [6.07, 6.45) is 0.0989. The number of nitrogens with zero attached hydrogens (tertiary/aromatic N) is 1. The minimum absolute atomic E-state index is 0.122. The van der Waals surface area contributed by atoms with Crippen LogP contribution in [-0.4, -0.2) is 47.3 Å². The van der Waals surface area contributed by atoms with Gasteiger partial charge >= 0.3 is 5.97 Å². The molecule has 2 atom stereocenters. The number of hydrogen-bond acceptors (Lipinski definition) is 5. The minimum Gasteiger partial charge on any atom is -0.481 e. The second-order valence-electron chi connectivity index (χ2n) is 12.7. The number of aliphatic hydroxyl groups excluding tert-OH is 1. The first-order chi connectivity index (χ1) is 21.3. The Morgan fingerprint density at radius 1 is 1.00 bits per heavy atom. The highest BCUT2D eigenvalue weighted by atomic mass is 35.5. The van der Waals surface area contributed by atoms with Crippen LogP contribution in [0.15, 0.2) is 54.6 Å². The van der Waals surface area contributed by atoms with Crippen molar-refractivity contribution in [3.63, 3.8) is 0 Å². The second kappa shape index (κ2) is 14.6. The lowest BCUT2D eigenvalue weighted by Crippen LogP contribution is -2.46. The van der Waals surface area contributed by atoms with Crippen LogP contribution in [0.1, 0.15) is 79.0 Å². The predicted molar refractivity (Wildman–Crippen MR) is 177 cm³/mol. The number of unbranched alkanes of at least 4 members (excludes halogenated alkanes) is 1. The van der Waals surface area contributed by atoms with E-state index < -0.39 is 23.6 Å². The summed E-state index contributed by atoms with van der Waals surface area (Å²) in [7, 11) is 0. The Morgan fingerprint density at radius 3 is 2.47 bits per heavy atom. The minimum atomic E-state index is -1.12. The molecule has 1 aliphatic heterocycles. The highest BCUT2D eigenvalue weighted by Gasteiger charge is 2.40. The monoisotopic (exact) mass is 634 g/mol. The van der Waals surface area contributed by atoms with Crippen molar-refractivity contribution in [2.24, 2.45) is 5.41 Å². The van der Waals surface area contributed by atoms with Crippen LogP contribution in [0.2, 0.25) is 5.02 Å². The molecular formula is C36H43ClN2O6. The number of carboxylic acids is 1. The van der Waals surface area contributed by atoms with E-state index in [9.17, 15) is 19.5 Å². The molecule has 1 aliphatic rings. The molecule has 0 bridgehead atoms. The highest BCUT2D eigenvalue weighted by molar-refractivity contribution is 6.30. The number of fused-ring (bicyclic) bond motifs is 1. The summed E-state index contributed by atoms with van der Waals surface area (Å²) in [6.45, 7) is 9.75. The van der Waals surface area contributed by atoms with E-state index in [0.717, 1.165) is 34.2 Å². The van der Waals surface area contributed by atoms with Crippen molar-refractivity contribution in [1.29, 1.82) is 0 Å². The first-order valence-electron chi connectivity index (χ1n) is 15.3. The quantitative estimate of drug-likeness (QED) is 0.186. The van der Waals surface area contributed by atoms with E-state index in [1.807, 2.05) is 77.1 Å². The summed E-state index contributed by atoms with van der Waals surface area (Å²) < 4.78 is 6.63. The van der Waals surface area contributed by atoms with E-state index in [1.54, 1.807) is 17.0 Å². The third-order valence-corrected chi connectivity index (χ3v) is 8.64. The molecule has 8 nitrogen and oxygen atoms in total. The Kier molecular flexibility index (Phi) is 11.1. The molecule has 3 aromatic rings. The van der Waals surface area contributed by atoms with Crippen molar-refractivity contribution in [1.82, 2.24) is 0 Å². The van der Waals surface area contributed by atoms with Crippen LogP contribution < -0.4 is 10.2 Å². The topological polar surface area (TPSA) is 116 Å². The second-order valence-corrected chi connectivity index (χ2v) is 13.2. The Hall–Kier alpha value is -3.72. The van der Waals surface area contributed by atoms with Gasteiger partial charge in [-0.2, -0.15) is 0 Å². The summed E-state index contributed by atoms with van der Waals surface area (Å²) in [5.41, 5.74) is 6.18. The van der Waals surface area contributed by atoms with E-state index in [4.69, 9.17) is 21.4 Å². The zero-order valence-electron chi connectivity index (χ0n) is 26.7. The van der Waals surface area contributed by atoms with Gasteiger partial charge in [-0.15, -0.1) is 0 Å². The fourth-order valence-electron chi connectivity index (χ4n) is 5.58. The number of aliphatic carboxylic acids is 1. The molecule has 0 unspecified atom stereocenters. The predicted octanol–water partition coefficient (Wildman–Crippen LogP) is 6.93. The normalized spacial score (nSPS) is 16.7. The van der Waals surface area contributed by atoms with Crippen molar-refractivity contribution in [2.75, 3.05) is 23.4 Å². The number of nitrogens with one attached hydrogen (secondary N) is 1. The van der Waals surface area contributed by atoms with Gasteiger partial charge in [-0.1, -0.05) is 55.8 Å². The Bertz CT molecular complexity index is 1570. The SMILES string of the molecule is Cc1ccc(CCCCC(=O)O)cc1NC(=O)C[C@H]1O[C@H](c2cccc(C)c2C)c2cc(Cl)ccc2N(CC(C)(C)CO)C1=O. The van der Waals surface area contributed by atoms with Crippen molar-refractivity contribution in [2.45, 2.75) is 78.9 Å². The molecule has 4 rings (SSSR count). The van der Waals surface area contributed by atoms with Crippen molar-refractivity contribution < 1.29 is 29.3 Å². The van der Waals surface area contributed by atoms with Crippen molar-refractivity contribution >= 4 is 40.8 Å². The van der Waals surface area contributed by atoms with E-state index in [-0.39, 0.29) is 37.8 Å². The van der Waals surface area contributed by atoms with Crippen molar-refractivity contribution in [3.8, 4) is 0 Å². The molecule has 0 aliphatic carbocycles. The molecule has 0 fully saturated rings. The average Bonchev–Trinajstić information content (AvgIpc) is 3.08. The summed E-state index contributed by atoms with van der Waals surface area (Å²) in [4.78, 5) is 40.3. The van der Waals surface area contributed by atoms with Crippen LogP contribution in [0.4, 0.5) is 11.4 Å². The first kappa shape index (κ1) is 34.2. The van der Waals surface area contributed by atoms with Gasteiger partial charge in [0.25, 0.3) is 5.91 Å². The van der Waals surface area contributed by atoms with E-state index in [0.29, 0.717) is 34.8 Å². The average molecular weight is 635 g/mol. The number of hydrogen-bond donors (Lipinski definition) is 3. The molecule has 0 aromatic heterocycles. The van der Waals surface area contributed by atoms with Crippen LogP contribution >= 0.6 is 11.6 Å².